The largest absolute Gasteiger partial charge is 0.300 e. The highest BCUT2D eigenvalue weighted by atomic mass is 32.2. The van der Waals surface area contributed by atoms with Gasteiger partial charge in [-0.15, -0.1) is 0 Å². The summed E-state index contributed by atoms with van der Waals surface area (Å²) in [5, 5.41) is 0.338. The minimum atomic E-state index is 0.338. The van der Waals surface area contributed by atoms with Gasteiger partial charge < -0.3 is 0 Å². The average Bonchev–Trinajstić information content (AvgIpc) is 2.44. The summed E-state index contributed by atoms with van der Waals surface area (Å²) < 4.78 is 0. The van der Waals surface area contributed by atoms with Crippen molar-refractivity contribution in [3.05, 3.63) is 35.9 Å². The lowest BCUT2D eigenvalue weighted by Gasteiger charge is -2.15. The number of hydrogen-bond acceptors (Lipinski definition) is 2. The fraction of sp³-hybridized carbons (Fsp3) is 0.588. The summed E-state index contributed by atoms with van der Waals surface area (Å²) >= 11 is 1.88. The first-order chi connectivity index (χ1) is 9.27. The minimum absolute atomic E-state index is 0.338. The topological polar surface area (TPSA) is 17.1 Å². The highest BCUT2D eigenvalue weighted by Gasteiger charge is 2.15. The number of hydrogen-bond donors (Lipinski definition) is 0. The van der Waals surface area contributed by atoms with Crippen LogP contribution >= 0.6 is 11.8 Å². The molecule has 0 aliphatic carbocycles. The summed E-state index contributed by atoms with van der Waals surface area (Å²) in [7, 11) is 0. The van der Waals surface area contributed by atoms with E-state index in [1.54, 1.807) is 0 Å². The molecule has 0 aliphatic rings. The van der Waals surface area contributed by atoms with Crippen molar-refractivity contribution in [3.8, 4) is 0 Å². The summed E-state index contributed by atoms with van der Waals surface area (Å²) in [4.78, 5) is 12.1. The van der Waals surface area contributed by atoms with Crippen LogP contribution in [0.3, 0.4) is 0 Å². The maximum atomic E-state index is 12.1. The molecule has 0 amide bonds. The molecule has 1 rings (SSSR count). The van der Waals surface area contributed by atoms with Crippen molar-refractivity contribution in [2.45, 2.75) is 57.6 Å². The Labute approximate surface area is 122 Å². The Hall–Kier alpha value is -0.760. The zero-order valence-electron chi connectivity index (χ0n) is 12.2. The summed E-state index contributed by atoms with van der Waals surface area (Å²) in [6, 6.07) is 10.4. The molecule has 1 nitrogen and oxygen atoms in total. The van der Waals surface area contributed by atoms with Crippen LogP contribution in [0, 0.1) is 0 Å². The van der Waals surface area contributed by atoms with Crippen molar-refractivity contribution in [2.75, 3.05) is 5.75 Å². The van der Waals surface area contributed by atoms with Gasteiger partial charge in [-0.05, 0) is 17.7 Å². The molecule has 0 bridgehead atoms. The Morgan fingerprint density at radius 2 is 1.84 bits per heavy atom. The van der Waals surface area contributed by atoms with Gasteiger partial charge in [0.25, 0.3) is 0 Å². The summed E-state index contributed by atoms with van der Waals surface area (Å²) in [6.45, 7) is 4.36. The van der Waals surface area contributed by atoms with Gasteiger partial charge in [0.15, 0.2) is 0 Å². The van der Waals surface area contributed by atoms with Crippen molar-refractivity contribution in [2.24, 2.45) is 0 Å². The first-order valence-corrected chi connectivity index (χ1v) is 8.51. The van der Waals surface area contributed by atoms with Gasteiger partial charge >= 0.3 is 0 Å². The number of ketones is 1. The second-order valence-corrected chi connectivity index (χ2v) is 6.39. The fourth-order valence-electron chi connectivity index (χ4n) is 2.20. The number of carbonyl (C=O) groups excluding carboxylic acids is 1. The Kier molecular flexibility index (Phi) is 8.64. The maximum absolute atomic E-state index is 12.1. The van der Waals surface area contributed by atoms with Crippen LogP contribution in [0.1, 0.15) is 63.2 Å². The lowest BCUT2D eigenvalue weighted by atomic mass is 10.0. The first-order valence-electron chi connectivity index (χ1n) is 7.46. The zero-order valence-corrected chi connectivity index (χ0v) is 13.0. The summed E-state index contributed by atoms with van der Waals surface area (Å²) in [5.74, 6) is 1.48. The van der Waals surface area contributed by atoms with E-state index in [-0.39, 0.29) is 0 Å². The average molecular weight is 278 g/mol. The lowest BCUT2D eigenvalue weighted by Crippen LogP contribution is -2.05. The van der Waals surface area contributed by atoms with Gasteiger partial charge in [0, 0.05) is 18.1 Å². The predicted molar refractivity (Wildman–Crippen MR) is 85.7 cm³/mol. The van der Waals surface area contributed by atoms with Crippen molar-refractivity contribution in [1.82, 2.24) is 0 Å². The molecule has 1 unspecified atom stereocenters. The monoisotopic (exact) mass is 278 g/mol. The molecular weight excluding hydrogens is 252 g/mol. The number of benzene rings is 1. The van der Waals surface area contributed by atoms with E-state index in [0.29, 0.717) is 17.5 Å². The molecule has 0 heterocycles. The third-order valence-corrected chi connectivity index (χ3v) is 4.44. The second kappa shape index (κ2) is 10.1. The van der Waals surface area contributed by atoms with E-state index in [1.807, 2.05) is 17.8 Å². The van der Waals surface area contributed by atoms with Gasteiger partial charge in [-0.3, -0.25) is 4.79 Å². The second-order valence-electron chi connectivity index (χ2n) is 4.91. The van der Waals surface area contributed by atoms with E-state index in [9.17, 15) is 4.79 Å². The zero-order chi connectivity index (χ0) is 13.9. The van der Waals surface area contributed by atoms with Crippen LogP contribution in [0.25, 0.3) is 0 Å². The quantitative estimate of drug-likeness (QED) is 0.532. The van der Waals surface area contributed by atoms with Gasteiger partial charge in [-0.2, -0.15) is 11.8 Å². The van der Waals surface area contributed by atoms with Gasteiger partial charge in [-0.25, -0.2) is 0 Å². The Bertz CT molecular complexity index is 348. The van der Waals surface area contributed by atoms with Crippen LogP contribution in [0.5, 0.6) is 0 Å². The van der Waals surface area contributed by atoms with Crippen LogP contribution in [0.2, 0.25) is 0 Å². The Balaban J connectivity index is 2.43. The van der Waals surface area contributed by atoms with Crippen LogP contribution in [-0.4, -0.2) is 11.5 Å². The molecule has 0 fully saturated rings. The first kappa shape index (κ1) is 16.3. The highest BCUT2D eigenvalue weighted by molar-refractivity contribution is 7.99. The molecule has 2 heteroatoms. The van der Waals surface area contributed by atoms with Crippen molar-refractivity contribution < 1.29 is 4.79 Å². The standard InChI is InChI=1S/C17H26OS/c1-3-5-6-10-13-16(18)14-17(19-4-2)15-11-8-7-9-12-15/h7-9,11-12,17H,3-6,10,13-14H2,1-2H3. The van der Waals surface area contributed by atoms with Gasteiger partial charge in [0.1, 0.15) is 5.78 Å². The minimum Gasteiger partial charge on any atom is -0.300 e. The molecule has 1 atom stereocenters. The SMILES string of the molecule is CCCCCCC(=O)CC(SCC)c1ccccc1. The molecule has 0 spiro atoms. The van der Waals surface area contributed by atoms with Crippen LogP contribution in [0.4, 0.5) is 0 Å². The summed E-state index contributed by atoms with van der Waals surface area (Å²) in [6.07, 6.45) is 6.18. The Morgan fingerprint density at radius 3 is 2.47 bits per heavy atom. The van der Waals surface area contributed by atoms with Crippen molar-refractivity contribution in [1.29, 1.82) is 0 Å². The van der Waals surface area contributed by atoms with Crippen LogP contribution in [-0.2, 0) is 4.79 Å². The van der Waals surface area contributed by atoms with Crippen molar-refractivity contribution in [3.63, 3.8) is 0 Å². The molecule has 1 aromatic carbocycles. The van der Waals surface area contributed by atoms with Crippen molar-refractivity contribution >= 4 is 17.5 Å². The van der Waals surface area contributed by atoms with E-state index >= 15 is 0 Å². The lowest BCUT2D eigenvalue weighted by molar-refractivity contribution is -0.119. The third-order valence-electron chi connectivity index (χ3n) is 3.26. The molecule has 0 aliphatic heterocycles. The fourth-order valence-corrected chi connectivity index (χ4v) is 3.26. The number of unbranched alkanes of at least 4 members (excludes halogenated alkanes) is 3. The van der Waals surface area contributed by atoms with Gasteiger partial charge in [-0.1, -0.05) is 63.4 Å². The molecule has 0 saturated carbocycles. The number of carbonyl (C=O) groups is 1. The number of Topliss-reactive ketones (excluding diaryl/α,β-unsaturated/α-hetero) is 1. The molecule has 0 saturated heterocycles. The number of rotatable bonds is 10. The van der Waals surface area contributed by atoms with Gasteiger partial charge in [0.2, 0.25) is 0 Å². The van der Waals surface area contributed by atoms with E-state index in [1.165, 1.54) is 24.8 Å². The molecular formula is C17H26OS. The molecule has 1 aromatic rings. The summed E-state index contributed by atoms with van der Waals surface area (Å²) in [5.41, 5.74) is 1.29. The number of thioether (sulfide) groups is 1. The smallest absolute Gasteiger partial charge is 0.134 e. The normalized spacial score (nSPS) is 12.3. The van der Waals surface area contributed by atoms with E-state index in [4.69, 9.17) is 0 Å². The predicted octanol–water partition coefficient (Wildman–Crippen LogP) is 5.41. The van der Waals surface area contributed by atoms with E-state index in [0.717, 1.165) is 18.6 Å². The van der Waals surface area contributed by atoms with E-state index < -0.39 is 0 Å². The third kappa shape index (κ3) is 6.81. The highest BCUT2D eigenvalue weighted by Crippen LogP contribution is 2.32. The molecule has 0 radical (unpaired) electrons. The van der Waals surface area contributed by atoms with Crippen LogP contribution in [0.15, 0.2) is 30.3 Å². The molecule has 0 aromatic heterocycles. The molecule has 106 valence electrons. The van der Waals surface area contributed by atoms with E-state index in [2.05, 4.69) is 38.1 Å². The molecule has 0 N–H and O–H groups in total. The molecule has 19 heavy (non-hydrogen) atoms. The maximum Gasteiger partial charge on any atom is 0.134 e. The Morgan fingerprint density at radius 1 is 1.11 bits per heavy atom. The van der Waals surface area contributed by atoms with Crippen LogP contribution < -0.4 is 0 Å². The van der Waals surface area contributed by atoms with Gasteiger partial charge in [0.05, 0.1) is 0 Å².